The van der Waals surface area contributed by atoms with Gasteiger partial charge in [0, 0.05) is 33.8 Å². The number of nitrogens with zero attached hydrogens (tertiary/aromatic N) is 1. The summed E-state index contributed by atoms with van der Waals surface area (Å²) in [6.45, 7) is 22.9. The first-order valence-corrected chi connectivity index (χ1v) is 16.2. The number of rotatable bonds is 2. The minimum atomic E-state index is -2.07. The lowest BCUT2D eigenvalue weighted by molar-refractivity contribution is -0.175. The molecule has 1 heterocycles. The maximum Gasteiger partial charge on any atom is 0.161 e. The number of aliphatic hydroxyl groups excluding tert-OH is 1. The second kappa shape index (κ2) is 6.88. The summed E-state index contributed by atoms with van der Waals surface area (Å²) < 4.78 is 20.2. The quantitative estimate of drug-likeness (QED) is 0.344. The summed E-state index contributed by atoms with van der Waals surface area (Å²) >= 11 is 0. The predicted octanol–water partition coefficient (Wildman–Crippen LogP) is 7.78. The topological polar surface area (TPSA) is 25.2 Å². The van der Waals surface area contributed by atoms with Crippen molar-refractivity contribution in [3.63, 3.8) is 0 Å². The van der Waals surface area contributed by atoms with E-state index in [0.717, 1.165) is 12.8 Å². The lowest BCUT2D eigenvalue weighted by atomic mass is 9.40. The average molecular weight is 482 g/mol. The van der Waals surface area contributed by atoms with Crippen LogP contribution in [0.2, 0.25) is 18.1 Å². The maximum atomic E-state index is 17.5. The first-order chi connectivity index (χ1) is 15.6. The molecule has 0 spiro atoms. The van der Waals surface area contributed by atoms with Gasteiger partial charge >= 0.3 is 0 Å². The molecular formula is C30H44FNOSi. The van der Waals surface area contributed by atoms with E-state index >= 15 is 4.39 Å². The second-order valence-electron chi connectivity index (χ2n) is 13.9. The molecule has 2 saturated carbocycles. The molecule has 0 bridgehead atoms. The summed E-state index contributed by atoms with van der Waals surface area (Å²) in [4.78, 5) is 0. The van der Waals surface area contributed by atoms with E-state index < -0.39 is 30.8 Å². The van der Waals surface area contributed by atoms with Gasteiger partial charge in [0.25, 0.3) is 0 Å². The van der Waals surface area contributed by atoms with Crippen molar-refractivity contribution in [2.24, 2.45) is 16.7 Å². The van der Waals surface area contributed by atoms with Crippen molar-refractivity contribution in [1.82, 2.24) is 4.23 Å². The molecule has 4 heteroatoms. The number of fused-ring (bicyclic) bond motifs is 7. The van der Waals surface area contributed by atoms with Gasteiger partial charge in [-0.05, 0) is 53.7 Å². The minimum Gasteiger partial charge on any atom is -0.392 e. The predicted molar refractivity (Wildman–Crippen MR) is 144 cm³/mol. The molecule has 5 rings (SSSR count). The van der Waals surface area contributed by atoms with Gasteiger partial charge in [-0.25, -0.2) is 4.39 Å². The van der Waals surface area contributed by atoms with Crippen molar-refractivity contribution in [2.75, 3.05) is 0 Å². The van der Waals surface area contributed by atoms with Crippen molar-refractivity contribution in [3.05, 3.63) is 48.2 Å². The molecule has 34 heavy (non-hydrogen) atoms. The highest BCUT2D eigenvalue weighted by atomic mass is 28.3. The number of para-hydroxylation sites is 1. The molecule has 2 fully saturated rings. The Labute approximate surface area is 206 Å². The van der Waals surface area contributed by atoms with Gasteiger partial charge in [-0.1, -0.05) is 78.9 Å². The van der Waals surface area contributed by atoms with Crippen LogP contribution in [0.5, 0.6) is 0 Å². The third-order valence-corrected chi connectivity index (χ3v) is 17.0. The Kier molecular flexibility index (Phi) is 4.92. The summed E-state index contributed by atoms with van der Waals surface area (Å²) in [5.41, 5.74) is 1.28. The molecule has 1 aromatic heterocycles. The third kappa shape index (κ3) is 2.55. The standard InChI is InChI=1S/C30H44FNOSi/c1-10-27(5)23-15-18-30(31)19-21-20-13-11-12-14-22(20)32(34(8,9)26(2,3)4)25(21)29(30,7)28(23,6)17-16-24(27)33/h10-14,23-24,33H,1,15-19H2,2-9H3/t23-,24-,27-,28-,29+,30+/m0/s1. The summed E-state index contributed by atoms with van der Waals surface area (Å²) in [5, 5.41) is 12.5. The Morgan fingerprint density at radius 2 is 1.76 bits per heavy atom. The average Bonchev–Trinajstić information content (AvgIpc) is 3.20. The van der Waals surface area contributed by atoms with Crippen LogP contribution in [0.25, 0.3) is 10.9 Å². The lowest BCUT2D eigenvalue weighted by Gasteiger charge is -2.66. The van der Waals surface area contributed by atoms with Gasteiger partial charge in [0.05, 0.1) is 6.10 Å². The second-order valence-corrected chi connectivity index (χ2v) is 19.0. The van der Waals surface area contributed by atoms with Crippen molar-refractivity contribution in [1.29, 1.82) is 0 Å². The normalized spacial score (nSPS) is 40.1. The molecule has 3 aliphatic rings. The Morgan fingerprint density at radius 3 is 2.38 bits per heavy atom. The van der Waals surface area contributed by atoms with E-state index in [4.69, 9.17) is 0 Å². The molecule has 1 N–H and O–H groups in total. The fraction of sp³-hybridized carbons (Fsp3) is 0.667. The Balaban J connectivity index is 1.87. The third-order valence-electron chi connectivity index (χ3n) is 11.8. The number of alkyl halides is 1. The van der Waals surface area contributed by atoms with E-state index in [-0.39, 0.29) is 16.4 Å². The van der Waals surface area contributed by atoms with E-state index in [1.807, 2.05) is 6.08 Å². The van der Waals surface area contributed by atoms with Gasteiger partial charge in [0.1, 0.15) is 5.67 Å². The van der Waals surface area contributed by atoms with Crippen LogP contribution in [0.1, 0.15) is 78.5 Å². The van der Waals surface area contributed by atoms with Crippen LogP contribution in [0.4, 0.5) is 4.39 Å². The molecule has 0 amide bonds. The van der Waals surface area contributed by atoms with Crippen LogP contribution in [-0.2, 0) is 11.8 Å². The van der Waals surface area contributed by atoms with E-state index in [9.17, 15) is 5.11 Å². The molecule has 3 aliphatic carbocycles. The largest absolute Gasteiger partial charge is 0.392 e. The zero-order valence-electron chi connectivity index (χ0n) is 22.6. The Hall–Kier alpha value is -1.39. The van der Waals surface area contributed by atoms with Crippen molar-refractivity contribution >= 4 is 19.1 Å². The van der Waals surface area contributed by atoms with Gasteiger partial charge in [-0.2, -0.15) is 0 Å². The number of hydrogen-bond donors (Lipinski definition) is 1. The van der Waals surface area contributed by atoms with Gasteiger partial charge in [-0.15, -0.1) is 6.58 Å². The van der Waals surface area contributed by atoms with Crippen LogP contribution in [0, 0.1) is 16.7 Å². The fourth-order valence-corrected chi connectivity index (χ4v) is 10.8. The van der Waals surface area contributed by atoms with Gasteiger partial charge in [0.2, 0.25) is 0 Å². The van der Waals surface area contributed by atoms with Crippen molar-refractivity contribution < 1.29 is 9.50 Å². The zero-order chi connectivity index (χ0) is 25.1. The van der Waals surface area contributed by atoms with Crippen LogP contribution in [0.3, 0.4) is 0 Å². The minimum absolute atomic E-state index is 0.119. The summed E-state index contributed by atoms with van der Waals surface area (Å²) in [6.07, 6.45) is 5.00. The Morgan fingerprint density at radius 1 is 1.12 bits per heavy atom. The van der Waals surface area contributed by atoms with E-state index in [0.29, 0.717) is 19.3 Å². The van der Waals surface area contributed by atoms with E-state index in [2.05, 4.69) is 89.7 Å². The lowest BCUT2D eigenvalue weighted by Crippen LogP contribution is -2.67. The summed E-state index contributed by atoms with van der Waals surface area (Å²) in [5.74, 6) is 0.201. The van der Waals surface area contributed by atoms with Gasteiger partial charge in [-0.3, -0.25) is 0 Å². The first kappa shape index (κ1) is 24.3. The number of aliphatic hydroxyl groups is 1. The van der Waals surface area contributed by atoms with Crippen LogP contribution in [0.15, 0.2) is 36.9 Å². The van der Waals surface area contributed by atoms with Crippen LogP contribution >= 0.6 is 0 Å². The Bertz CT molecular complexity index is 1180. The highest BCUT2D eigenvalue weighted by Gasteiger charge is 2.73. The SMILES string of the molecule is C=C[C@]1(C)[C@@H](O)CC[C@@]2(C)[C@H]1CC[C@@]1(F)Cc3c(n([Si](C)(C)C(C)(C)C)c4ccccc34)[C@@]12C. The molecule has 1 aromatic carbocycles. The van der Waals surface area contributed by atoms with Gasteiger partial charge < -0.3 is 9.34 Å². The van der Waals surface area contributed by atoms with Crippen molar-refractivity contribution in [3.8, 4) is 0 Å². The highest BCUT2D eigenvalue weighted by molar-refractivity contribution is 6.79. The summed E-state index contributed by atoms with van der Waals surface area (Å²) in [7, 11) is -2.07. The maximum absolute atomic E-state index is 17.5. The zero-order valence-corrected chi connectivity index (χ0v) is 23.6. The van der Waals surface area contributed by atoms with Gasteiger partial charge in [0.15, 0.2) is 8.24 Å². The number of hydrogen-bond acceptors (Lipinski definition) is 1. The molecular weight excluding hydrogens is 437 g/mol. The first-order valence-electron chi connectivity index (χ1n) is 13.2. The number of aromatic nitrogens is 1. The molecule has 0 radical (unpaired) electrons. The number of halogens is 1. The molecule has 2 aromatic rings. The highest BCUT2D eigenvalue weighted by Crippen LogP contribution is 2.72. The van der Waals surface area contributed by atoms with Crippen LogP contribution in [-0.4, -0.2) is 29.3 Å². The van der Waals surface area contributed by atoms with Crippen molar-refractivity contribution in [2.45, 2.75) is 109 Å². The molecule has 2 nitrogen and oxygen atoms in total. The van der Waals surface area contributed by atoms with E-state index in [1.54, 1.807) is 0 Å². The molecule has 0 saturated heterocycles. The summed E-state index contributed by atoms with van der Waals surface area (Å²) in [6, 6.07) is 8.74. The molecule has 6 atom stereocenters. The van der Waals surface area contributed by atoms with Crippen LogP contribution < -0.4 is 0 Å². The molecule has 0 unspecified atom stereocenters. The molecule has 0 aliphatic heterocycles. The fourth-order valence-electron chi connectivity index (χ4n) is 8.44. The monoisotopic (exact) mass is 481 g/mol. The van der Waals surface area contributed by atoms with E-state index in [1.165, 1.54) is 22.2 Å². The number of benzene rings is 1. The smallest absolute Gasteiger partial charge is 0.161 e. The molecule has 186 valence electrons.